The number of imidazole rings is 1. The fraction of sp³-hybridized carbons (Fsp3) is 0.562. The first-order valence-corrected chi connectivity index (χ1v) is 8.33. The standard InChI is InChI=1S/C16H22N6O4/c1-9(2)6-21-14(24)12-13(19(4)16(21)25)17-15-20(12)7-10(3)18-22(15)8-11(23)26-5/h9H,6-8H2,1-5H3. The van der Waals surface area contributed by atoms with Crippen molar-refractivity contribution in [1.82, 2.24) is 18.7 Å². The summed E-state index contributed by atoms with van der Waals surface area (Å²) in [4.78, 5) is 41.7. The van der Waals surface area contributed by atoms with Crippen LogP contribution in [0.2, 0.25) is 0 Å². The highest BCUT2D eigenvalue weighted by Crippen LogP contribution is 2.23. The summed E-state index contributed by atoms with van der Waals surface area (Å²) in [6.07, 6.45) is 0. The molecule has 0 fully saturated rings. The number of nitrogens with zero attached hydrogens (tertiary/aromatic N) is 6. The van der Waals surface area contributed by atoms with Gasteiger partial charge in [0.15, 0.2) is 11.2 Å². The van der Waals surface area contributed by atoms with Crippen LogP contribution >= 0.6 is 0 Å². The summed E-state index contributed by atoms with van der Waals surface area (Å²) in [5, 5.41) is 5.72. The van der Waals surface area contributed by atoms with E-state index in [9.17, 15) is 14.4 Å². The van der Waals surface area contributed by atoms with Gasteiger partial charge >= 0.3 is 11.7 Å². The fourth-order valence-electron chi connectivity index (χ4n) is 3.04. The van der Waals surface area contributed by atoms with E-state index < -0.39 is 11.7 Å². The molecule has 26 heavy (non-hydrogen) atoms. The Morgan fingerprint density at radius 1 is 1.31 bits per heavy atom. The topological polar surface area (TPSA) is 104 Å². The number of rotatable bonds is 4. The number of carbonyl (C=O) groups is 1. The maximum atomic E-state index is 13.0. The summed E-state index contributed by atoms with van der Waals surface area (Å²) in [6, 6.07) is 0. The first-order chi connectivity index (χ1) is 12.2. The van der Waals surface area contributed by atoms with Gasteiger partial charge in [-0.05, 0) is 12.8 Å². The molecule has 0 N–H and O–H groups in total. The molecule has 2 aromatic rings. The van der Waals surface area contributed by atoms with E-state index in [1.54, 1.807) is 18.5 Å². The van der Waals surface area contributed by atoms with Crippen LogP contribution < -0.4 is 16.3 Å². The van der Waals surface area contributed by atoms with Gasteiger partial charge < -0.3 is 4.74 Å². The molecule has 10 heteroatoms. The van der Waals surface area contributed by atoms with E-state index in [2.05, 4.69) is 10.1 Å². The number of anilines is 1. The molecule has 3 rings (SSSR count). The van der Waals surface area contributed by atoms with Crippen molar-refractivity contribution in [2.24, 2.45) is 18.1 Å². The minimum Gasteiger partial charge on any atom is -0.468 e. The van der Waals surface area contributed by atoms with E-state index in [-0.39, 0.29) is 23.7 Å². The molecule has 3 heterocycles. The molecule has 0 saturated heterocycles. The van der Waals surface area contributed by atoms with Crippen molar-refractivity contribution in [3.05, 3.63) is 20.8 Å². The molecule has 0 spiro atoms. The average Bonchev–Trinajstić information content (AvgIpc) is 2.96. The molecule has 0 bridgehead atoms. The lowest BCUT2D eigenvalue weighted by Crippen LogP contribution is -2.41. The summed E-state index contributed by atoms with van der Waals surface area (Å²) < 4.78 is 8.98. The number of fused-ring (bicyclic) bond motifs is 3. The second-order valence-corrected chi connectivity index (χ2v) is 6.79. The predicted octanol–water partition coefficient (Wildman–Crippen LogP) is -0.0784. The van der Waals surface area contributed by atoms with Gasteiger partial charge in [0.05, 0.1) is 19.4 Å². The van der Waals surface area contributed by atoms with Crippen LogP contribution in [-0.4, -0.2) is 44.0 Å². The molecule has 2 aromatic heterocycles. The van der Waals surface area contributed by atoms with Crippen LogP contribution in [0.5, 0.6) is 0 Å². The van der Waals surface area contributed by atoms with E-state index in [1.165, 1.54) is 21.3 Å². The summed E-state index contributed by atoms with van der Waals surface area (Å²) in [7, 11) is 2.87. The molecule has 0 radical (unpaired) electrons. The number of ether oxygens (including phenoxy) is 1. The number of hydrogen-bond donors (Lipinski definition) is 0. The number of methoxy groups -OCH3 is 1. The quantitative estimate of drug-likeness (QED) is 0.705. The van der Waals surface area contributed by atoms with Crippen LogP contribution in [-0.2, 0) is 29.7 Å². The van der Waals surface area contributed by atoms with Crippen LogP contribution in [0.25, 0.3) is 11.2 Å². The Kier molecular flexibility index (Phi) is 4.43. The number of aryl methyl sites for hydroxylation is 1. The van der Waals surface area contributed by atoms with Crippen LogP contribution in [0.1, 0.15) is 20.8 Å². The SMILES string of the molecule is COC(=O)CN1N=C(C)Cn2c1nc1c2c(=O)n(CC(C)C)c(=O)n1C. The van der Waals surface area contributed by atoms with Crippen molar-refractivity contribution in [1.29, 1.82) is 0 Å². The van der Waals surface area contributed by atoms with Crippen LogP contribution in [0.3, 0.4) is 0 Å². The predicted molar refractivity (Wildman–Crippen MR) is 96.5 cm³/mol. The number of carbonyl (C=O) groups excluding carboxylic acids is 1. The van der Waals surface area contributed by atoms with Crippen LogP contribution in [0, 0.1) is 5.92 Å². The molecule has 140 valence electrons. The van der Waals surface area contributed by atoms with E-state index in [0.717, 1.165) is 0 Å². The molecule has 10 nitrogen and oxygen atoms in total. The highest BCUT2D eigenvalue weighted by Gasteiger charge is 2.28. The van der Waals surface area contributed by atoms with E-state index in [1.807, 2.05) is 13.8 Å². The van der Waals surface area contributed by atoms with Crippen molar-refractivity contribution in [3.8, 4) is 0 Å². The van der Waals surface area contributed by atoms with Crippen molar-refractivity contribution >= 4 is 28.8 Å². The van der Waals surface area contributed by atoms with Crippen molar-refractivity contribution in [2.75, 3.05) is 18.7 Å². The number of hydrazone groups is 1. The van der Waals surface area contributed by atoms with Gasteiger partial charge in [0, 0.05) is 13.6 Å². The Labute approximate surface area is 149 Å². The third-order valence-electron chi connectivity index (χ3n) is 4.18. The molecule has 0 aromatic carbocycles. The van der Waals surface area contributed by atoms with Gasteiger partial charge in [-0.2, -0.15) is 10.1 Å². The first-order valence-electron chi connectivity index (χ1n) is 8.33. The van der Waals surface area contributed by atoms with E-state index in [4.69, 9.17) is 4.74 Å². The summed E-state index contributed by atoms with van der Waals surface area (Å²) in [6.45, 7) is 6.23. The lowest BCUT2D eigenvalue weighted by Gasteiger charge is -2.23. The monoisotopic (exact) mass is 362 g/mol. The summed E-state index contributed by atoms with van der Waals surface area (Å²) in [5.74, 6) is -0.000667. The molecular formula is C16H22N6O4. The van der Waals surface area contributed by atoms with Crippen molar-refractivity contribution < 1.29 is 9.53 Å². The summed E-state index contributed by atoms with van der Waals surface area (Å²) in [5.41, 5.74) is 0.512. The van der Waals surface area contributed by atoms with Gasteiger partial charge in [-0.25, -0.2) is 9.80 Å². The highest BCUT2D eigenvalue weighted by atomic mass is 16.5. The fourth-order valence-corrected chi connectivity index (χ4v) is 3.04. The lowest BCUT2D eigenvalue weighted by atomic mass is 10.2. The molecule has 0 amide bonds. The molecule has 0 unspecified atom stereocenters. The van der Waals surface area contributed by atoms with Gasteiger partial charge in [0.2, 0.25) is 5.95 Å². The number of hydrogen-bond acceptors (Lipinski definition) is 7. The third-order valence-corrected chi connectivity index (χ3v) is 4.18. The summed E-state index contributed by atoms with van der Waals surface area (Å²) >= 11 is 0. The Balaban J connectivity index is 2.27. The Bertz CT molecular complexity index is 1030. The maximum Gasteiger partial charge on any atom is 0.332 e. The smallest absolute Gasteiger partial charge is 0.332 e. The second-order valence-electron chi connectivity index (χ2n) is 6.79. The minimum absolute atomic E-state index is 0.134. The minimum atomic E-state index is -0.479. The normalized spacial score (nSPS) is 13.9. The van der Waals surface area contributed by atoms with Gasteiger partial charge in [0.1, 0.15) is 6.54 Å². The van der Waals surface area contributed by atoms with Crippen LogP contribution in [0.4, 0.5) is 5.95 Å². The zero-order valence-electron chi connectivity index (χ0n) is 15.5. The van der Waals surface area contributed by atoms with E-state index in [0.29, 0.717) is 30.3 Å². The molecule has 1 aliphatic heterocycles. The molecular weight excluding hydrogens is 340 g/mol. The number of esters is 1. The highest BCUT2D eigenvalue weighted by molar-refractivity contribution is 5.89. The van der Waals surface area contributed by atoms with Crippen molar-refractivity contribution in [3.63, 3.8) is 0 Å². The Hall–Kier alpha value is -2.91. The van der Waals surface area contributed by atoms with Gasteiger partial charge in [0.25, 0.3) is 5.56 Å². The zero-order valence-corrected chi connectivity index (χ0v) is 15.5. The largest absolute Gasteiger partial charge is 0.468 e. The van der Waals surface area contributed by atoms with Gasteiger partial charge in [-0.3, -0.25) is 23.3 Å². The second kappa shape index (κ2) is 6.43. The zero-order chi connectivity index (χ0) is 19.2. The van der Waals surface area contributed by atoms with Crippen LogP contribution in [0.15, 0.2) is 14.7 Å². The Morgan fingerprint density at radius 2 is 2.00 bits per heavy atom. The van der Waals surface area contributed by atoms with Gasteiger partial charge in [-0.15, -0.1) is 0 Å². The third kappa shape index (κ3) is 2.80. The lowest BCUT2D eigenvalue weighted by molar-refractivity contribution is -0.139. The van der Waals surface area contributed by atoms with Crippen molar-refractivity contribution in [2.45, 2.75) is 33.9 Å². The number of aromatic nitrogens is 4. The maximum absolute atomic E-state index is 13.0. The van der Waals surface area contributed by atoms with Gasteiger partial charge in [-0.1, -0.05) is 13.8 Å². The average molecular weight is 362 g/mol. The van der Waals surface area contributed by atoms with E-state index >= 15 is 0 Å². The molecule has 1 aliphatic rings. The molecule has 0 aliphatic carbocycles. The Morgan fingerprint density at radius 3 is 2.62 bits per heavy atom. The first kappa shape index (κ1) is 17.9. The molecule has 0 saturated carbocycles. The molecule has 0 atom stereocenters.